The molecule has 1 radical (unpaired) electrons. The molecule has 0 saturated carbocycles. The number of nitrogens with zero attached hydrogens (tertiary/aromatic N) is 2. The molecule has 0 atom stereocenters. The molecule has 0 unspecified atom stereocenters. The van der Waals surface area contributed by atoms with Crippen LogP contribution in [0.25, 0.3) is 0 Å². The Bertz CT molecular complexity index is 371. The van der Waals surface area contributed by atoms with Crippen LogP contribution in [-0.2, 0) is 6.42 Å². The minimum atomic E-state index is -0.374. The van der Waals surface area contributed by atoms with E-state index in [4.69, 9.17) is 11.6 Å². The zero-order valence-electron chi connectivity index (χ0n) is 7.90. The van der Waals surface area contributed by atoms with E-state index in [1.807, 2.05) is 24.3 Å². The molecule has 2 N–H and O–H groups in total. The van der Waals surface area contributed by atoms with Gasteiger partial charge in [0, 0.05) is 11.6 Å². The molecule has 1 aromatic rings. The fourth-order valence-corrected chi connectivity index (χ4v) is 1.52. The van der Waals surface area contributed by atoms with Gasteiger partial charge in [-0.2, -0.15) is 0 Å². The van der Waals surface area contributed by atoms with Crippen molar-refractivity contribution in [1.82, 2.24) is 21.5 Å². The molecule has 0 aromatic heterocycles. The van der Waals surface area contributed by atoms with Gasteiger partial charge in [-0.25, -0.2) is 4.79 Å². The van der Waals surface area contributed by atoms with Crippen LogP contribution in [0.1, 0.15) is 5.56 Å². The highest BCUT2D eigenvalue weighted by molar-refractivity contribution is 6.30. The minimum Gasteiger partial charge on any atom is -0.253 e. The van der Waals surface area contributed by atoms with Crippen LogP contribution >= 0.6 is 11.6 Å². The van der Waals surface area contributed by atoms with E-state index in [1.54, 1.807) is 0 Å². The first-order valence-electron chi connectivity index (χ1n) is 4.53. The Balaban J connectivity index is 1.85. The highest BCUT2D eigenvalue weighted by Gasteiger charge is 2.17. The molecule has 2 rings (SSSR count). The fraction of sp³-hybridized carbons (Fsp3) is 0.222. The summed E-state index contributed by atoms with van der Waals surface area (Å²) in [4.78, 5) is 10.7. The van der Waals surface area contributed by atoms with E-state index in [1.165, 1.54) is 5.12 Å². The van der Waals surface area contributed by atoms with Crippen molar-refractivity contribution in [1.29, 1.82) is 0 Å². The van der Waals surface area contributed by atoms with Crippen LogP contribution in [0.2, 0.25) is 5.02 Å². The maximum Gasteiger partial charge on any atom is 0.369 e. The number of nitrogens with one attached hydrogen (secondary N) is 2. The van der Waals surface area contributed by atoms with Gasteiger partial charge in [0.2, 0.25) is 0 Å². The summed E-state index contributed by atoms with van der Waals surface area (Å²) < 4.78 is 0. The van der Waals surface area contributed by atoms with E-state index in [2.05, 4.69) is 16.4 Å². The third-order valence-corrected chi connectivity index (χ3v) is 2.25. The molecular formula is C9H10ClN4O. The molecule has 0 spiro atoms. The Kier molecular flexibility index (Phi) is 3.05. The third-order valence-electron chi connectivity index (χ3n) is 2.02. The van der Waals surface area contributed by atoms with Crippen LogP contribution < -0.4 is 16.4 Å². The SMILES string of the molecule is O=C1[N]NN(CCc2cccc(Cl)c2)N1. The van der Waals surface area contributed by atoms with Crippen LogP contribution in [0, 0.1) is 0 Å². The fourth-order valence-electron chi connectivity index (χ4n) is 1.31. The summed E-state index contributed by atoms with van der Waals surface area (Å²) in [6, 6.07) is 7.24. The zero-order chi connectivity index (χ0) is 10.7. The minimum absolute atomic E-state index is 0.374. The van der Waals surface area contributed by atoms with Crippen molar-refractivity contribution in [2.75, 3.05) is 6.54 Å². The Labute approximate surface area is 92.3 Å². The number of carbonyl (C=O) groups excluding carboxylic acids is 1. The van der Waals surface area contributed by atoms with Gasteiger partial charge in [-0.05, 0) is 24.1 Å². The normalized spacial score (nSPS) is 16.2. The number of hydrazine groups is 2. The molecular weight excluding hydrogens is 216 g/mol. The maximum atomic E-state index is 10.7. The monoisotopic (exact) mass is 225 g/mol. The summed E-state index contributed by atoms with van der Waals surface area (Å²) in [5.74, 6) is 0. The van der Waals surface area contributed by atoms with Gasteiger partial charge >= 0.3 is 6.03 Å². The van der Waals surface area contributed by atoms with Crippen molar-refractivity contribution >= 4 is 17.6 Å². The summed E-state index contributed by atoms with van der Waals surface area (Å²) in [6.07, 6.45) is 0.781. The lowest BCUT2D eigenvalue weighted by molar-refractivity contribution is 0.171. The predicted molar refractivity (Wildman–Crippen MR) is 55.7 cm³/mol. The van der Waals surface area contributed by atoms with Crippen LogP contribution in [-0.4, -0.2) is 17.7 Å². The Hall–Kier alpha value is -1.30. The molecule has 6 heteroatoms. The molecule has 1 aliphatic rings. The number of halogens is 1. The molecule has 1 aromatic carbocycles. The van der Waals surface area contributed by atoms with Crippen molar-refractivity contribution in [3.8, 4) is 0 Å². The summed E-state index contributed by atoms with van der Waals surface area (Å²) in [7, 11) is 0. The predicted octanol–water partition coefficient (Wildman–Crippen LogP) is 0.847. The lowest BCUT2D eigenvalue weighted by atomic mass is 10.1. The van der Waals surface area contributed by atoms with Crippen molar-refractivity contribution < 1.29 is 4.79 Å². The zero-order valence-corrected chi connectivity index (χ0v) is 8.66. The Morgan fingerprint density at radius 3 is 3.00 bits per heavy atom. The smallest absolute Gasteiger partial charge is 0.253 e. The second-order valence-electron chi connectivity index (χ2n) is 3.16. The van der Waals surface area contributed by atoms with Gasteiger partial charge in [-0.15, -0.1) is 16.1 Å². The second-order valence-corrected chi connectivity index (χ2v) is 3.60. The van der Waals surface area contributed by atoms with Crippen LogP contribution in [0.4, 0.5) is 4.79 Å². The summed E-state index contributed by atoms with van der Waals surface area (Å²) >= 11 is 5.85. The summed E-state index contributed by atoms with van der Waals surface area (Å²) in [5.41, 5.74) is 9.64. The molecule has 5 nitrogen and oxygen atoms in total. The van der Waals surface area contributed by atoms with E-state index in [-0.39, 0.29) is 6.03 Å². The third kappa shape index (κ3) is 2.82. The average Bonchev–Trinajstić information content (AvgIpc) is 2.62. The van der Waals surface area contributed by atoms with Crippen molar-refractivity contribution in [2.24, 2.45) is 0 Å². The summed E-state index contributed by atoms with van der Waals surface area (Å²) in [6.45, 7) is 0.635. The van der Waals surface area contributed by atoms with Gasteiger partial charge in [0.15, 0.2) is 0 Å². The number of urea groups is 1. The lowest BCUT2D eigenvalue weighted by Gasteiger charge is -2.11. The van der Waals surface area contributed by atoms with E-state index < -0.39 is 0 Å². The molecule has 0 aliphatic carbocycles. The van der Waals surface area contributed by atoms with E-state index in [0.29, 0.717) is 6.54 Å². The molecule has 0 bridgehead atoms. The summed E-state index contributed by atoms with van der Waals surface area (Å²) in [5, 5.41) is 2.25. The molecule has 15 heavy (non-hydrogen) atoms. The van der Waals surface area contributed by atoms with Crippen molar-refractivity contribution in [3.05, 3.63) is 34.9 Å². The number of rotatable bonds is 3. The molecule has 1 saturated heterocycles. The van der Waals surface area contributed by atoms with Gasteiger partial charge < -0.3 is 0 Å². The number of hydrogen-bond acceptors (Lipinski definition) is 3. The van der Waals surface area contributed by atoms with E-state index >= 15 is 0 Å². The van der Waals surface area contributed by atoms with Crippen molar-refractivity contribution in [3.63, 3.8) is 0 Å². The highest BCUT2D eigenvalue weighted by Crippen LogP contribution is 2.11. The largest absolute Gasteiger partial charge is 0.369 e. The molecule has 79 valence electrons. The maximum absolute atomic E-state index is 10.7. The quantitative estimate of drug-likeness (QED) is 0.802. The molecule has 1 aliphatic heterocycles. The van der Waals surface area contributed by atoms with Crippen LogP contribution in [0.5, 0.6) is 0 Å². The van der Waals surface area contributed by atoms with Crippen molar-refractivity contribution in [2.45, 2.75) is 6.42 Å². The molecule has 1 fully saturated rings. The standard InChI is InChI=1S/C9H10ClN4O/c10-8-3-1-2-7(6-8)4-5-14-12-9(15)11-13-14/h1-3,6,13H,4-5H2,(H,12,15). The topological polar surface area (TPSA) is 58.5 Å². The Morgan fingerprint density at radius 2 is 2.33 bits per heavy atom. The number of amides is 2. The first-order chi connectivity index (χ1) is 7.24. The van der Waals surface area contributed by atoms with E-state index in [0.717, 1.165) is 17.0 Å². The number of hydrogen-bond donors (Lipinski definition) is 2. The van der Waals surface area contributed by atoms with E-state index in [9.17, 15) is 4.79 Å². The molecule has 1 heterocycles. The number of benzene rings is 1. The van der Waals surface area contributed by atoms with Crippen LogP contribution in [0.3, 0.4) is 0 Å². The van der Waals surface area contributed by atoms with Gasteiger partial charge in [0.05, 0.1) is 0 Å². The van der Waals surface area contributed by atoms with Gasteiger partial charge in [-0.3, -0.25) is 5.43 Å². The second kappa shape index (κ2) is 4.48. The van der Waals surface area contributed by atoms with Crippen LogP contribution in [0.15, 0.2) is 24.3 Å². The average molecular weight is 226 g/mol. The Morgan fingerprint density at radius 1 is 1.47 bits per heavy atom. The van der Waals surface area contributed by atoms with Gasteiger partial charge in [-0.1, -0.05) is 23.7 Å². The first kappa shape index (κ1) is 10.2. The molecule has 2 amide bonds. The van der Waals surface area contributed by atoms with Gasteiger partial charge in [0.25, 0.3) is 0 Å². The number of carbonyl (C=O) groups is 1. The first-order valence-corrected chi connectivity index (χ1v) is 4.91. The highest BCUT2D eigenvalue weighted by atomic mass is 35.5. The van der Waals surface area contributed by atoms with Gasteiger partial charge in [0.1, 0.15) is 0 Å². The lowest BCUT2D eigenvalue weighted by Crippen LogP contribution is -2.40.